The molecule has 3 fully saturated rings. The average molecular weight is 463 g/mol. The second-order valence-electron chi connectivity index (χ2n) is 9.55. The van der Waals surface area contributed by atoms with Crippen LogP contribution < -0.4 is 4.90 Å². The maximum Gasteiger partial charge on any atom is 0.225 e. The molecular weight excluding hydrogens is 432 g/mol. The molecule has 9 heteroatoms. The first-order chi connectivity index (χ1) is 16.6. The Labute approximate surface area is 198 Å². The highest BCUT2D eigenvalue weighted by atomic mass is 16.7. The summed E-state index contributed by atoms with van der Waals surface area (Å²) in [6.07, 6.45) is 3.20. The number of anilines is 1. The van der Waals surface area contributed by atoms with Gasteiger partial charge in [-0.25, -0.2) is 0 Å². The van der Waals surface area contributed by atoms with E-state index in [2.05, 4.69) is 34.2 Å². The Bertz CT molecular complexity index is 1170. The number of hydrogen-bond donors (Lipinski definition) is 0. The van der Waals surface area contributed by atoms with Crippen LogP contribution in [0.4, 0.5) is 5.82 Å². The van der Waals surface area contributed by atoms with Crippen molar-refractivity contribution in [3.63, 3.8) is 0 Å². The summed E-state index contributed by atoms with van der Waals surface area (Å²) in [7, 11) is 0. The minimum absolute atomic E-state index is 0.0671. The summed E-state index contributed by atoms with van der Waals surface area (Å²) in [4.78, 5) is 17.4. The number of hydrogen-bond acceptors (Lipinski definition) is 7. The highest BCUT2D eigenvalue weighted by Crippen LogP contribution is 2.33. The summed E-state index contributed by atoms with van der Waals surface area (Å²) in [6.45, 7) is 6.43. The largest absolute Gasteiger partial charge is 0.355 e. The Kier molecular flexibility index (Phi) is 5.45. The molecule has 0 bridgehead atoms. The van der Waals surface area contributed by atoms with Crippen molar-refractivity contribution in [3.05, 3.63) is 42.0 Å². The molecule has 3 aromatic rings. The van der Waals surface area contributed by atoms with Crippen molar-refractivity contribution in [3.8, 4) is 11.4 Å². The van der Waals surface area contributed by atoms with Crippen LogP contribution in [0.1, 0.15) is 31.2 Å². The van der Waals surface area contributed by atoms with Crippen LogP contribution in [0.25, 0.3) is 17.0 Å². The van der Waals surface area contributed by atoms with Crippen molar-refractivity contribution < 1.29 is 14.3 Å². The van der Waals surface area contributed by atoms with Crippen LogP contribution in [0.5, 0.6) is 0 Å². The molecule has 2 aromatic heterocycles. The summed E-state index contributed by atoms with van der Waals surface area (Å²) < 4.78 is 13.4. The minimum Gasteiger partial charge on any atom is -0.355 e. The lowest BCUT2D eigenvalue weighted by Crippen LogP contribution is -2.50. The molecule has 9 nitrogen and oxygen atoms in total. The average Bonchev–Trinajstić information content (AvgIpc) is 3.52. The van der Waals surface area contributed by atoms with E-state index >= 15 is 0 Å². The van der Waals surface area contributed by atoms with Crippen LogP contribution in [-0.4, -0.2) is 75.8 Å². The quantitative estimate of drug-likeness (QED) is 0.592. The van der Waals surface area contributed by atoms with Crippen molar-refractivity contribution in [1.82, 2.24) is 24.7 Å². The third kappa shape index (κ3) is 3.92. The van der Waals surface area contributed by atoms with Gasteiger partial charge in [0.15, 0.2) is 17.3 Å². The van der Waals surface area contributed by atoms with Crippen LogP contribution >= 0.6 is 0 Å². The number of ether oxygens (including phenoxy) is 2. The fourth-order valence-electron chi connectivity index (χ4n) is 5.30. The Balaban J connectivity index is 1.11. The number of likely N-dealkylation sites (tertiary alicyclic amines) is 1. The van der Waals surface area contributed by atoms with Gasteiger partial charge >= 0.3 is 0 Å². The number of nitrogens with zero attached hydrogens (tertiary/aromatic N) is 6. The number of benzene rings is 1. The summed E-state index contributed by atoms with van der Waals surface area (Å²) >= 11 is 0. The molecule has 6 rings (SSSR count). The molecule has 3 aliphatic heterocycles. The van der Waals surface area contributed by atoms with E-state index in [4.69, 9.17) is 14.6 Å². The fourth-order valence-corrected chi connectivity index (χ4v) is 5.30. The van der Waals surface area contributed by atoms with Crippen LogP contribution in [0.15, 0.2) is 36.4 Å². The van der Waals surface area contributed by atoms with Gasteiger partial charge in [0.25, 0.3) is 0 Å². The van der Waals surface area contributed by atoms with E-state index in [-0.39, 0.29) is 11.8 Å². The zero-order chi connectivity index (χ0) is 23.1. The summed E-state index contributed by atoms with van der Waals surface area (Å²) in [5.74, 6) is 1.53. The molecule has 1 amide bonds. The van der Waals surface area contributed by atoms with Gasteiger partial charge in [-0.05, 0) is 31.9 Å². The molecule has 0 radical (unpaired) electrons. The van der Waals surface area contributed by atoms with Crippen LogP contribution in [0, 0.1) is 12.8 Å². The third-order valence-corrected chi connectivity index (χ3v) is 7.38. The molecule has 5 heterocycles. The first-order valence-corrected chi connectivity index (χ1v) is 12.2. The number of carbonyl (C=O) groups is 1. The first kappa shape index (κ1) is 21.5. The molecule has 0 N–H and O–H groups in total. The number of aromatic nitrogens is 4. The fraction of sp³-hybridized carbons (Fsp3) is 0.520. The Hall–Kier alpha value is -3.04. The second-order valence-corrected chi connectivity index (χ2v) is 9.55. The third-order valence-electron chi connectivity index (χ3n) is 7.38. The van der Waals surface area contributed by atoms with Crippen LogP contribution in [0.2, 0.25) is 0 Å². The van der Waals surface area contributed by atoms with E-state index in [0.29, 0.717) is 26.3 Å². The van der Waals surface area contributed by atoms with E-state index in [1.165, 1.54) is 5.56 Å². The van der Waals surface area contributed by atoms with E-state index in [1.807, 2.05) is 33.7 Å². The predicted molar refractivity (Wildman–Crippen MR) is 126 cm³/mol. The van der Waals surface area contributed by atoms with Gasteiger partial charge in [0.05, 0.1) is 13.2 Å². The number of amides is 1. The maximum absolute atomic E-state index is 13.2. The number of piperidine rings is 2. The SMILES string of the molecule is Cc1ccc(-c2nnc3ccc(N4CCC(C(=O)N5CCC6(CC5)OCCO6)CC4)nn23)cc1. The molecule has 3 aliphatic rings. The number of rotatable bonds is 3. The molecule has 0 unspecified atom stereocenters. The van der Waals surface area contributed by atoms with Crippen molar-refractivity contribution >= 4 is 17.4 Å². The van der Waals surface area contributed by atoms with E-state index < -0.39 is 5.79 Å². The van der Waals surface area contributed by atoms with E-state index in [0.717, 1.165) is 61.6 Å². The minimum atomic E-state index is -0.440. The Morgan fingerprint density at radius 1 is 0.941 bits per heavy atom. The number of fused-ring (bicyclic) bond motifs is 1. The summed E-state index contributed by atoms with van der Waals surface area (Å²) in [5, 5.41) is 13.5. The highest BCUT2D eigenvalue weighted by Gasteiger charge is 2.42. The summed E-state index contributed by atoms with van der Waals surface area (Å²) in [5.41, 5.74) is 2.92. The van der Waals surface area contributed by atoms with Crippen LogP contribution in [-0.2, 0) is 14.3 Å². The van der Waals surface area contributed by atoms with Gasteiger partial charge in [-0.1, -0.05) is 29.8 Å². The van der Waals surface area contributed by atoms with E-state index in [9.17, 15) is 4.79 Å². The molecule has 1 aromatic carbocycles. The molecule has 34 heavy (non-hydrogen) atoms. The van der Waals surface area contributed by atoms with E-state index in [1.54, 1.807) is 0 Å². The van der Waals surface area contributed by atoms with Gasteiger partial charge in [0.2, 0.25) is 5.91 Å². The number of aryl methyl sites for hydroxylation is 1. The lowest BCUT2D eigenvalue weighted by Gasteiger charge is -2.40. The lowest BCUT2D eigenvalue weighted by molar-refractivity contribution is -0.188. The smallest absolute Gasteiger partial charge is 0.225 e. The summed E-state index contributed by atoms with van der Waals surface area (Å²) in [6, 6.07) is 12.2. The molecule has 0 saturated carbocycles. The molecule has 178 valence electrons. The Morgan fingerprint density at radius 2 is 1.65 bits per heavy atom. The van der Waals surface area contributed by atoms with Gasteiger partial charge < -0.3 is 19.3 Å². The van der Waals surface area contributed by atoms with Gasteiger partial charge in [-0.3, -0.25) is 4.79 Å². The van der Waals surface area contributed by atoms with Gasteiger partial charge in [-0.15, -0.1) is 15.3 Å². The highest BCUT2D eigenvalue weighted by molar-refractivity contribution is 5.79. The van der Waals surface area contributed by atoms with Crippen molar-refractivity contribution in [2.45, 2.75) is 38.4 Å². The van der Waals surface area contributed by atoms with Crippen molar-refractivity contribution in [2.75, 3.05) is 44.3 Å². The van der Waals surface area contributed by atoms with Crippen molar-refractivity contribution in [1.29, 1.82) is 0 Å². The van der Waals surface area contributed by atoms with Crippen molar-refractivity contribution in [2.24, 2.45) is 5.92 Å². The monoisotopic (exact) mass is 462 g/mol. The molecule has 0 aliphatic carbocycles. The topological polar surface area (TPSA) is 85.1 Å². The van der Waals surface area contributed by atoms with Gasteiger partial charge in [0, 0.05) is 50.5 Å². The normalized spacial score (nSPS) is 21.0. The number of carbonyl (C=O) groups excluding carboxylic acids is 1. The Morgan fingerprint density at radius 3 is 2.35 bits per heavy atom. The molecule has 1 spiro atoms. The van der Waals surface area contributed by atoms with Gasteiger partial charge in [0.1, 0.15) is 5.82 Å². The molecule has 3 saturated heterocycles. The van der Waals surface area contributed by atoms with Gasteiger partial charge in [-0.2, -0.15) is 4.52 Å². The van der Waals surface area contributed by atoms with Crippen LogP contribution in [0.3, 0.4) is 0 Å². The lowest BCUT2D eigenvalue weighted by atomic mass is 9.93. The maximum atomic E-state index is 13.2. The first-order valence-electron chi connectivity index (χ1n) is 12.2. The zero-order valence-electron chi connectivity index (χ0n) is 19.5. The molecular formula is C25H30N6O3. The predicted octanol–water partition coefficient (Wildman–Crippen LogP) is 2.68. The standard InChI is InChI=1S/C25H30N6O3/c1-18-2-4-19(5-3-18)23-27-26-21-6-7-22(28-31(21)23)29-12-8-20(9-13-29)24(32)30-14-10-25(11-15-30)33-16-17-34-25/h2-7,20H,8-17H2,1H3. The second kappa shape index (κ2) is 8.63. The molecule has 0 atom stereocenters. The zero-order valence-corrected chi connectivity index (χ0v) is 19.5.